The number of sulfonamides is 1. The minimum atomic E-state index is -3.41. The van der Waals surface area contributed by atoms with Gasteiger partial charge in [0, 0.05) is 18.7 Å². The van der Waals surface area contributed by atoms with E-state index in [4.69, 9.17) is 4.42 Å². The molecule has 1 aromatic heterocycles. The van der Waals surface area contributed by atoms with E-state index >= 15 is 0 Å². The van der Waals surface area contributed by atoms with E-state index in [1.165, 1.54) is 0 Å². The molecule has 0 aromatic carbocycles. The van der Waals surface area contributed by atoms with Crippen LogP contribution in [0.3, 0.4) is 0 Å². The maximum Gasteiger partial charge on any atom is 0.246 e. The predicted octanol–water partition coefficient (Wildman–Crippen LogP) is 1.87. The van der Waals surface area contributed by atoms with Crippen LogP contribution in [0.15, 0.2) is 15.4 Å². The summed E-state index contributed by atoms with van der Waals surface area (Å²) < 4.78 is 32.3. The summed E-state index contributed by atoms with van der Waals surface area (Å²) in [5, 5.41) is 3.13. The Morgan fingerprint density at radius 2 is 2.11 bits per heavy atom. The molecular weight excluding hydrogens is 264 g/mol. The molecule has 0 unspecified atom stereocenters. The Morgan fingerprint density at radius 3 is 2.63 bits per heavy atom. The van der Waals surface area contributed by atoms with Gasteiger partial charge in [0.25, 0.3) is 0 Å². The first kappa shape index (κ1) is 14.6. The van der Waals surface area contributed by atoms with Gasteiger partial charge >= 0.3 is 0 Å². The normalized spacial score (nSPS) is 16.2. The van der Waals surface area contributed by atoms with Crippen LogP contribution in [0.1, 0.15) is 38.2 Å². The summed E-state index contributed by atoms with van der Waals surface area (Å²) in [6.45, 7) is 7.49. The fourth-order valence-electron chi connectivity index (χ4n) is 2.23. The molecule has 1 N–H and O–H groups in total. The number of rotatable bonds is 7. The molecule has 6 heteroatoms. The topological polar surface area (TPSA) is 62.6 Å². The number of nitrogens with one attached hydrogen (secondary N) is 1. The first-order valence-corrected chi connectivity index (χ1v) is 8.26. The van der Waals surface area contributed by atoms with Gasteiger partial charge in [0.1, 0.15) is 16.4 Å². The van der Waals surface area contributed by atoms with Gasteiger partial charge in [0.2, 0.25) is 10.0 Å². The molecule has 0 radical (unpaired) electrons. The lowest BCUT2D eigenvalue weighted by Gasteiger charge is -2.19. The second-order valence-electron chi connectivity index (χ2n) is 4.85. The van der Waals surface area contributed by atoms with E-state index in [0.29, 0.717) is 29.5 Å². The van der Waals surface area contributed by atoms with Crippen LogP contribution < -0.4 is 5.32 Å². The highest BCUT2D eigenvalue weighted by Gasteiger charge is 2.38. The smallest absolute Gasteiger partial charge is 0.246 e. The fraction of sp³-hybridized carbons (Fsp3) is 0.692. The minimum absolute atomic E-state index is 0.182. The average molecular weight is 286 g/mol. The van der Waals surface area contributed by atoms with Crippen LogP contribution in [0.2, 0.25) is 0 Å². The molecule has 2 rings (SSSR count). The van der Waals surface area contributed by atoms with E-state index < -0.39 is 10.0 Å². The van der Waals surface area contributed by atoms with Gasteiger partial charge in [-0.1, -0.05) is 13.8 Å². The van der Waals surface area contributed by atoms with Crippen molar-refractivity contribution in [3.63, 3.8) is 0 Å². The van der Waals surface area contributed by atoms with E-state index in [0.717, 1.165) is 19.4 Å². The summed E-state index contributed by atoms with van der Waals surface area (Å²) in [4.78, 5) is 0.314. The summed E-state index contributed by atoms with van der Waals surface area (Å²) in [5.74, 6) is 1.15. The van der Waals surface area contributed by atoms with Crippen LogP contribution in [0.4, 0.5) is 0 Å². The molecule has 0 saturated heterocycles. The van der Waals surface area contributed by atoms with Crippen LogP contribution in [0.25, 0.3) is 0 Å². The summed E-state index contributed by atoms with van der Waals surface area (Å²) >= 11 is 0. The molecule has 108 valence electrons. The Morgan fingerprint density at radius 1 is 1.42 bits per heavy atom. The quantitative estimate of drug-likeness (QED) is 0.831. The fourth-order valence-corrected chi connectivity index (χ4v) is 4.11. The number of nitrogens with zero attached hydrogens (tertiary/aromatic N) is 1. The molecule has 1 fully saturated rings. The van der Waals surface area contributed by atoms with Crippen molar-refractivity contribution in [2.24, 2.45) is 0 Å². The molecule has 0 amide bonds. The van der Waals surface area contributed by atoms with Gasteiger partial charge in [0.15, 0.2) is 0 Å². The second-order valence-corrected chi connectivity index (χ2v) is 6.71. The Labute approximate surface area is 115 Å². The van der Waals surface area contributed by atoms with Crippen LogP contribution >= 0.6 is 0 Å². The Balaban J connectivity index is 2.26. The lowest BCUT2D eigenvalue weighted by molar-refractivity contribution is 0.417. The first-order chi connectivity index (χ1) is 9.00. The van der Waals surface area contributed by atoms with Crippen molar-refractivity contribution >= 4 is 10.0 Å². The molecule has 0 aliphatic heterocycles. The first-order valence-electron chi connectivity index (χ1n) is 6.82. The molecule has 0 spiro atoms. The van der Waals surface area contributed by atoms with Crippen LogP contribution in [0.5, 0.6) is 0 Å². The Kier molecular flexibility index (Phi) is 4.32. The van der Waals surface area contributed by atoms with E-state index in [9.17, 15) is 8.42 Å². The lowest BCUT2D eigenvalue weighted by Crippen LogP contribution is -2.33. The van der Waals surface area contributed by atoms with E-state index in [1.807, 2.05) is 13.8 Å². The summed E-state index contributed by atoms with van der Waals surface area (Å²) in [7, 11) is -3.41. The predicted molar refractivity (Wildman–Crippen MR) is 73.4 cm³/mol. The van der Waals surface area contributed by atoms with Gasteiger partial charge in [-0.05, 0) is 26.3 Å². The van der Waals surface area contributed by atoms with E-state index in [2.05, 4.69) is 5.32 Å². The van der Waals surface area contributed by atoms with E-state index in [-0.39, 0.29) is 6.04 Å². The van der Waals surface area contributed by atoms with Gasteiger partial charge in [-0.25, -0.2) is 8.42 Å². The molecular formula is C13H22N2O3S. The molecule has 5 nitrogen and oxygen atoms in total. The average Bonchev–Trinajstić information content (AvgIpc) is 3.10. The van der Waals surface area contributed by atoms with Gasteiger partial charge in [-0.2, -0.15) is 4.31 Å². The second kappa shape index (κ2) is 5.64. The SMILES string of the molecule is CCNCc1cc(S(=O)(=O)N(CC)C2CC2)c(C)o1. The third-order valence-electron chi connectivity index (χ3n) is 3.32. The molecule has 0 bridgehead atoms. The van der Waals surface area contributed by atoms with Crippen molar-refractivity contribution < 1.29 is 12.8 Å². The molecule has 1 aromatic rings. The van der Waals surface area contributed by atoms with Gasteiger partial charge in [0.05, 0.1) is 6.54 Å². The largest absolute Gasteiger partial charge is 0.464 e. The van der Waals surface area contributed by atoms with Crippen molar-refractivity contribution in [1.29, 1.82) is 0 Å². The molecule has 1 saturated carbocycles. The summed E-state index contributed by atoms with van der Waals surface area (Å²) in [6.07, 6.45) is 1.93. The zero-order valence-electron chi connectivity index (χ0n) is 11.8. The van der Waals surface area contributed by atoms with Gasteiger partial charge < -0.3 is 9.73 Å². The van der Waals surface area contributed by atoms with Crippen LogP contribution in [-0.4, -0.2) is 31.9 Å². The summed E-state index contributed by atoms with van der Waals surface area (Å²) in [5.41, 5.74) is 0. The highest BCUT2D eigenvalue weighted by Crippen LogP contribution is 2.33. The van der Waals surface area contributed by atoms with Crippen molar-refractivity contribution in [2.45, 2.75) is 51.1 Å². The minimum Gasteiger partial charge on any atom is -0.464 e. The molecule has 0 atom stereocenters. The van der Waals surface area contributed by atoms with Crippen molar-refractivity contribution in [2.75, 3.05) is 13.1 Å². The number of hydrogen-bond acceptors (Lipinski definition) is 4. The molecule has 1 aliphatic carbocycles. The van der Waals surface area contributed by atoms with Gasteiger partial charge in [-0.15, -0.1) is 0 Å². The monoisotopic (exact) mass is 286 g/mol. The lowest BCUT2D eigenvalue weighted by atomic mass is 10.4. The third-order valence-corrected chi connectivity index (χ3v) is 5.46. The zero-order valence-corrected chi connectivity index (χ0v) is 12.6. The van der Waals surface area contributed by atoms with Crippen molar-refractivity contribution in [1.82, 2.24) is 9.62 Å². The standard InChI is InChI=1S/C13H22N2O3S/c1-4-14-9-12-8-13(10(3)18-12)19(16,17)15(5-2)11-6-7-11/h8,11,14H,4-7,9H2,1-3H3. The number of furan rings is 1. The van der Waals surface area contributed by atoms with Crippen LogP contribution in [0, 0.1) is 6.92 Å². The molecule has 1 aliphatic rings. The van der Waals surface area contributed by atoms with Crippen molar-refractivity contribution in [3.8, 4) is 0 Å². The highest BCUT2D eigenvalue weighted by molar-refractivity contribution is 7.89. The third kappa shape index (κ3) is 3.01. The Bertz CT molecular complexity index is 532. The maximum atomic E-state index is 12.6. The van der Waals surface area contributed by atoms with E-state index in [1.54, 1.807) is 17.3 Å². The van der Waals surface area contributed by atoms with Crippen LogP contribution in [-0.2, 0) is 16.6 Å². The van der Waals surface area contributed by atoms with Crippen molar-refractivity contribution in [3.05, 3.63) is 17.6 Å². The van der Waals surface area contributed by atoms with Gasteiger partial charge in [-0.3, -0.25) is 0 Å². The maximum absolute atomic E-state index is 12.6. The zero-order chi connectivity index (χ0) is 14.0. The Hall–Kier alpha value is -0.850. The summed E-state index contributed by atoms with van der Waals surface area (Å²) in [6, 6.07) is 1.83. The number of aryl methyl sites for hydroxylation is 1. The molecule has 1 heterocycles. The molecule has 19 heavy (non-hydrogen) atoms. The highest BCUT2D eigenvalue weighted by atomic mass is 32.2. The number of hydrogen-bond donors (Lipinski definition) is 1.